The summed E-state index contributed by atoms with van der Waals surface area (Å²) in [6.45, 7) is 2.07. The first-order valence-electron chi connectivity index (χ1n) is 2.95. The molecule has 3 nitrogen and oxygen atoms in total. The van der Waals surface area contributed by atoms with Crippen LogP contribution in [0, 0.1) is 0 Å². The highest BCUT2D eigenvalue weighted by Crippen LogP contribution is 1.87. The number of nitrogens with zero attached hydrogens (tertiary/aromatic N) is 1. The maximum Gasteiger partial charge on any atom is 0.162 e. The van der Waals surface area contributed by atoms with E-state index in [-0.39, 0.29) is 5.84 Å². The predicted molar refractivity (Wildman–Crippen MR) is 37.5 cm³/mol. The van der Waals surface area contributed by atoms with Crippen molar-refractivity contribution in [2.45, 2.75) is 19.8 Å². The summed E-state index contributed by atoms with van der Waals surface area (Å²) in [6, 6.07) is 0. The van der Waals surface area contributed by atoms with Gasteiger partial charge in [0.05, 0.1) is 0 Å². The van der Waals surface area contributed by atoms with Gasteiger partial charge in [0.15, 0.2) is 5.84 Å². The Balaban J connectivity index is 3.45. The van der Waals surface area contributed by atoms with Gasteiger partial charge in [0.25, 0.3) is 0 Å². The van der Waals surface area contributed by atoms with Gasteiger partial charge in [0, 0.05) is 0 Å². The molecule has 0 radical (unpaired) electrons. The molecule has 0 saturated carbocycles. The fourth-order valence-electron chi connectivity index (χ4n) is 0.404. The largest absolute Gasteiger partial charge is 0.409 e. The van der Waals surface area contributed by atoms with Crippen LogP contribution in [0.1, 0.15) is 19.8 Å². The monoisotopic (exact) mass is 128 g/mol. The molecule has 3 heteroatoms. The first-order chi connectivity index (χ1) is 4.31. The van der Waals surface area contributed by atoms with Crippen molar-refractivity contribution in [2.75, 3.05) is 0 Å². The number of amidine groups is 1. The lowest BCUT2D eigenvalue weighted by Gasteiger charge is -1.84. The molecule has 0 heterocycles. The molecule has 0 saturated heterocycles. The number of oxime groups is 1. The third-order valence-electron chi connectivity index (χ3n) is 0.859. The topological polar surface area (TPSA) is 58.6 Å². The normalized spacial score (nSPS) is 12.8. The van der Waals surface area contributed by atoms with E-state index in [1.54, 1.807) is 6.08 Å². The van der Waals surface area contributed by atoms with Crippen LogP contribution in [0.5, 0.6) is 0 Å². The van der Waals surface area contributed by atoms with E-state index in [1.165, 1.54) is 0 Å². The number of hydrogen-bond acceptors (Lipinski definition) is 2. The summed E-state index contributed by atoms with van der Waals surface area (Å²) in [5.41, 5.74) is 5.13. The number of hydrogen-bond donors (Lipinski definition) is 2. The van der Waals surface area contributed by atoms with Crippen LogP contribution in [0.15, 0.2) is 17.3 Å². The van der Waals surface area contributed by atoms with Gasteiger partial charge in [-0.15, -0.1) is 0 Å². The Hall–Kier alpha value is -0.990. The van der Waals surface area contributed by atoms with E-state index in [1.807, 2.05) is 6.08 Å². The minimum absolute atomic E-state index is 0.156. The Morgan fingerprint density at radius 2 is 2.44 bits per heavy atom. The van der Waals surface area contributed by atoms with E-state index in [0.717, 1.165) is 12.8 Å². The minimum Gasteiger partial charge on any atom is -0.409 e. The van der Waals surface area contributed by atoms with E-state index < -0.39 is 0 Å². The van der Waals surface area contributed by atoms with Gasteiger partial charge in [0.1, 0.15) is 0 Å². The van der Waals surface area contributed by atoms with E-state index in [9.17, 15) is 0 Å². The van der Waals surface area contributed by atoms with Crippen LogP contribution in [0.3, 0.4) is 0 Å². The summed E-state index contributed by atoms with van der Waals surface area (Å²) in [4.78, 5) is 0. The third kappa shape index (κ3) is 4.87. The zero-order valence-corrected chi connectivity index (χ0v) is 5.54. The lowest BCUT2D eigenvalue weighted by molar-refractivity contribution is 0.319. The Morgan fingerprint density at radius 1 is 1.78 bits per heavy atom. The molecule has 0 aromatic heterocycles. The predicted octanol–water partition coefficient (Wildman–Crippen LogP) is 1.09. The number of nitrogens with two attached hydrogens (primary N) is 1. The molecule has 0 atom stereocenters. The van der Waals surface area contributed by atoms with E-state index >= 15 is 0 Å². The first-order valence-corrected chi connectivity index (χ1v) is 2.95. The van der Waals surface area contributed by atoms with Crippen LogP contribution in [0.4, 0.5) is 0 Å². The molecule has 0 bridgehead atoms. The number of rotatable bonds is 3. The highest BCUT2D eigenvalue weighted by atomic mass is 16.4. The van der Waals surface area contributed by atoms with Crippen molar-refractivity contribution in [1.29, 1.82) is 0 Å². The van der Waals surface area contributed by atoms with Crippen LogP contribution >= 0.6 is 0 Å². The number of unbranched alkanes of at least 4 members (excludes halogenated alkanes) is 1. The molecule has 0 aliphatic heterocycles. The van der Waals surface area contributed by atoms with Crippen molar-refractivity contribution in [1.82, 2.24) is 0 Å². The van der Waals surface area contributed by atoms with E-state index in [2.05, 4.69) is 12.1 Å². The Bertz CT molecular complexity index is 118. The SMILES string of the molecule is CCC/C=C/C(N)=N/O. The molecule has 0 aliphatic rings. The van der Waals surface area contributed by atoms with Gasteiger partial charge in [-0.05, 0) is 12.5 Å². The molecular formula is C6H12N2O. The summed E-state index contributed by atoms with van der Waals surface area (Å²) in [5.74, 6) is 0.156. The second-order valence-electron chi connectivity index (χ2n) is 1.72. The summed E-state index contributed by atoms with van der Waals surface area (Å²) in [5, 5.41) is 10.8. The Labute approximate surface area is 54.9 Å². The van der Waals surface area contributed by atoms with Gasteiger partial charge in [-0.2, -0.15) is 0 Å². The summed E-state index contributed by atoms with van der Waals surface area (Å²) >= 11 is 0. The fourth-order valence-corrected chi connectivity index (χ4v) is 0.404. The highest BCUT2D eigenvalue weighted by Gasteiger charge is 1.79. The van der Waals surface area contributed by atoms with Crippen LogP contribution in [0.25, 0.3) is 0 Å². The van der Waals surface area contributed by atoms with Crippen molar-refractivity contribution in [2.24, 2.45) is 10.9 Å². The van der Waals surface area contributed by atoms with Crippen LogP contribution < -0.4 is 5.73 Å². The van der Waals surface area contributed by atoms with Crippen LogP contribution in [-0.2, 0) is 0 Å². The van der Waals surface area contributed by atoms with Crippen LogP contribution in [-0.4, -0.2) is 11.0 Å². The maximum atomic E-state index is 8.05. The quantitative estimate of drug-likeness (QED) is 0.259. The van der Waals surface area contributed by atoms with E-state index in [0.29, 0.717) is 0 Å². The van der Waals surface area contributed by atoms with Crippen molar-refractivity contribution in [3.63, 3.8) is 0 Å². The molecule has 0 spiro atoms. The Kier molecular flexibility index (Phi) is 4.59. The number of allylic oxidation sites excluding steroid dienone is 1. The molecule has 52 valence electrons. The molecule has 9 heavy (non-hydrogen) atoms. The van der Waals surface area contributed by atoms with Crippen molar-refractivity contribution in [3.8, 4) is 0 Å². The fraction of sp³-hybridized carbons (Fsp3) is 0.500. The molecule has 3 N–H and O–H groups in total. The van der Waals surface area contributed by atoms with Crippen molar-refractivity contribution >= 4 is 5.84 Å². The third-order valence-corrected chi connectivity index (χ3v) is 0.859. The molecule has 0 fully saturated rings. The van der Waals surface area contributed by atoms with Gasteiger partial charge < -0.3 is 10.9 Å². The zero-order chi connectivity index (χ0) is 7.11. The molecule has 0 aromatic carbocycles. The Morgan fingerprint density at radius 3 is 2.89 bits per heavy atom. The minimum atomic E-state index is 0.156. The smallest absolute Gasteiger partial charge is 0.162 e. The van der Waals surface area contributed by atoms with Gasteiger partial charge in [0.2, 0.25) is 0 Å². The molecule has 0 aromatic rings. The maximum absolute atomic E-state index is 8.05. The van der Waals surface area contributed by atoms with Crippen molar-refractivity contribution in [3.05, 3.63) is 12.2 Å². The molecule has 0 amide bonds. The average Bonchev–Trinajstić information content (AvgIpc) is 1.89. The lowest BCUT2D eigenvalue weighted by atomic mass is 10.3. The highest BCUT2D eigenvalue weighted by molar-refractivity contribution is 5.90. The molecule has 0 aliphatic carbocycles. The summed E-state index contributed by atoms with van der Waals surface area (Å²) < 4.78 is 0. The summed E-state index contributed by atoms with van der Waals surface area (Å²) in [6.07, 6.45) is 5.50. The average molecular weight is 128 g/mol. The molecule has 0 unspecified atom stereocenters. The van der Waals surface area contributed by atoms with Crippen LogP contribution in [0.2, 0.25) is 0 Å². The van der Waals surface area contributed by atoms with Gasteiger partial charge >= 0.3 is 0 Å². The lowest BCUT2D eigenvalue weighted by Crippen LogP contribution is -2.06. The second-order valence-corrected chi connectivity index (χ2v) is 1.72. The second kappa shape index (κ2) is 5.15. The van der Waals surface area contributed by atoms with E-state index in [4.69, 9.17) is 10.9 Å². The zero-order valence-electron chi connectivity index (χ0n) is 5.54. The van der Waals surface area contributed by atoms with Crippen molar-refractivity contribution < 1.29 is 5.21 Å². The van der Waals surface area contributed by atoms with Gasteiger partial charge in [-0.3, -0.25) is 0 Å². The molecular weight excluding hydrogens is 116 g/mol. The van der Waals surface area contributed by atoms with Gasteiger partial charge in [-0.1, -0.05) is 24.6 Å². The van der Waals surface area contributed by atoms with Gasteiger partial charge in [-0.25, -0.2) is 0 Å². The standard InChI is InChI=1S/C6H12N2O/c1-2-3-4-5-6(7)8-9/h4-5,9H,2-3H2,1H3,(H2,7,8)/b5-4+. The summed E-state index contributed by atoms with van der Waals surface area (Å²) in [7, 11) is 0. The first kappa shape index (κ1) is 8.01. The molecule has 0 rings (SSSR count).